The van der Waals surface area contributed by atoms with E-state index in [-0.39, 0.29) is 0 Å². The molecule has 27 heavy (non-hydrogen) atoms. The van der Waals surface area contributed by atoms with E-state index in [9.17, 15) is 9.90 Å². The van der Waals surface area contributed by atoms with Crippen LogP contribution in [0.3, 0.4) is 0 Å². The van der Waals surface area contributed by atoms with Gasteiger partial charge < -0.3 is 10.0 Å². The molecule has 2 N–H and O–H groups in total. The SMILES string of the molecule is CCNC1(C(=O)O)CN(c2ccnc3c(I)c(-c4ccccc4Cl)nn23)C1. The van der Waals surface area contributed by atoms with Gasteiger partial charge in [0, 0.05) is 11.8 Å². The number of hydrogen-bond acceptors (Lipinski definition) is 5. The van der Waals surface area contributed by atoms with E-state index in [1.54, 1.807) is 10.7 Å². The number of aliphatic carboxylic acids is 1. The summed E-state index contributed by atoms with van der Waals surface area (Å²) in [4.78, 5) is 18.1. The molecule has 0 spiro atoms. The fraction of sp³-hybridized carbons (Fsp3) is 0.278. The van der Waals surface area contributed by atoms with E-state index >= 15 is 0 Å². The molecule has 0 saturated carbocycles. The second-order valence-electron chi connectivity index (χ2n) is 6.45. The lowest BCUT2D eigenvalue weighted by atomic mass is 9.89. The molecule has 0 atom stereocenters. The molecule has 1 aromatic carbocycles. The third-order valence-electron chi connectivity index (χ3n) is 4.74. The Labute approximate surface area is 174 Å². The number of rotatable bonds is 5. The molecule has 0 unspecified atom stereocenters. The number of hydrogen-bond donors (Lipinski definition) is 2. The highest BCUT2D eigenvalue weighted by Crippen LogP contribution is 2.34. The van der Waals surface area contributed by atoms with Crippen LogP contribution in [0.5, 0.6) is 0 Å². The number of aromatic nitrogens is 3. The highest BCUT2D eigenvalue weighted by Gasteiger charge is 2.50. The summed E-state index contributed by atoms with van der Waals surface area (Å²) in [6.07, 6.45) is 1.72. The average molecular weight is 498 g/mol. The monoisotopic (exact) mass is 497 g/mol. The molecule has 4 rings (SSSR count). The van der Waals surface area contributed by atoms with Crippen molar-refractivity contribution in [3.05, 3.63) is 45.1 Å². The Morgan fingerprint density at radius 1 is 1.37 bits per heavy atom. The maximum absolute atomic E-state index is 11.7. The molecular weight excluding hydrogens is 481 g/mol. The molecule has 2 aromatic heterocycles. The third-order valence-corrected chi connectivity index (χ3v) is 6.06. The van der Waals surface area contributed by atoms with Crippen LogP contribution in [0, 0.1) is 3.57 Å². The van der Waals surface area contributed by atoms with Gasteiger partial charge in [-0.2, -0.15) is 9.61 Å². The smallest absolute Gasteiger partial charge is 0.327 e. The molecular formula is C18H17ClIN5O2. The van der Waals surface area contributed by atoms with Crippen LogP contribution in [-0.2, 0) is 4.79 Å². The zero-order chi connectivity index (χ0) is 19.2. The van der Waals surface area contributed by atoms with Gasteiger partial charge in [0.05, 0.1) is 21.7 Å². The van der Waals surface area contributed by atoms with Crippen molar-refractivity contribution in [3.8, 4) is 11.3 Å². The van der Waals surface area contributed by atoms with Gasteiger partial charge in [-0.05, 0) is 41.3 Å². The molecule has 3 heterocycles. The van der Waals surface area contributed by atoms with Crippen molar-refractivity contribution in [2.24, 2.45) is 0 Å². The van der Waals surface area contributed by atoms with Gasteiger partial charge in [-0.25, -0.2) is 4.98 Å². The van der Waals surface area contributed by atoms with Gasteiger partial charge in [0.2, 0.25) is 0 Å². The number of carbonyl (C=O) groups is 1. The molecule has 0 radical (unpaired) electrons. The van der Waals surface area contributed by atoms with E-state index in [2.05, 4.69) is 32.9 Å². The topological polar surface area (TPSA) is 82.8 Å². The van der Waals surface area contributed by atoms with Gasteiger partial charge in [-0.3, -0.25) is 10.1 Å². The van der Waals surface area contributed by atoms with E-state index in [1.807, 2.05) is 42.2 Å². The van der Waals surface area contributed by atoms with Crippen molar-refractivity contribution >= 4 is 51.6 Å². The molecule has 0 amide bonds. The van der Waals surface area contributed by atoms with Crippen LogP contribution in [0.1, 0.15) is 6.92 Å². The van der Waals surface area contributed by atoms with Crippen LogP contribution in [0.25, 0.3) is 16.9 Å². The first kappa shape index (κ1) is 18.5. The number of nitrogens with zero attached hydrogens (tertiary/aromatic N) is 4. The predicted octanol–water partition coefficient (Wildman–Crippen LogP) is 2.91. The van der Waals surface area contributed by atoms with Crippen molar-refractivity contribution in [1.29, 1.82) is 0 Å². The Morgan fingerprint density at radius 2 is 2.11 bits per heavy atom. The van der Waals surface area contributed by atoms with E-state index in [1.165, 1.54) is 0 Å². The maximum atomic E-state index is 11.7. The van der Waals surface area contributed by atoms with Crippen molar-refractivity contribution < 1.29 is 9.90 Å². The molecule has 1 fully saturated rings. The highest BCUT2D eigenvalue weighted by atomic mass is 127. The van der Waals surface area contributed by atoms with Crippen molar-refractivity contribution in [2.45, 2.75) is 12.5 Å². The van der Waals surface area contributed by atoms with Crippen molar-refractivity contribution in [3.63, 3.8) is 0 Å². The largest absolute Gasteiger partial charge is 0.480 e. The van der Waals surface area contributed by atoms with Crippen LogP contribution in [0.2, 0.25) is 5.02 Å². The summed E-state index contributed by atoms with van der Waals surface area (Å²) in [7, 11) is 0. The number of carboxylic acids is 1. The number of carboxylic acid groups (broad SMARTS) is 1. The Hall–Kier alpha value is -1.91. The quantitative estimate of drug-likeness (QED) is 0.528. The van der Waals surface area contributed by atoms with Gasteiger partial charge >= 0.3 is 5.97 Å². The summed E-state index contributed by atoms with van der Waals surface area (Å²) in [6.45, 7) is 3.24. The summed E-state index contributed by atoms with van der Waals surface area (Å²) in [5, 5.41) is 18.0. The molecule has 3 aromatic rings. The summed E-state index contributed by atoms with van der Waals surface area (Å²) in [5.41, 5.74) is 1.41. The Bertz CT molecular complexity index is 1030. The summed E-state index contributed by atoms with van der Waals surface area (Å²) in [6, 6.07) is 9.41. The third kappa shape index (κ3) is 2.95. The minimum absolute atomic E-state index is 0.368. The van der Waals surface area contributed by atoms with Crippen LogP contribution in [0.4, 0.5) is 5.82 Å². The highest BCUT2D eigenvalue weighted by molar-refractivity contribution is 14.1. The number of likely N-dealkylation sites (N-methyl/N-ethyl adjacent to an activating group) is 1. The minimum atomic E-state index is -0.920. The average Bonchev–Trinajstić information content (AvgIpc) is 2.95. The number of halogens is 2. The molecule has 7 nitrogen and oxygen atoms in total. The first-order chi connectivity index (χ1) is 13.0. The minimum Gasteiger partial charge on any atom is -0.480 e. The first-order valence-electron chi connectivity index (χ1n) is 8.48. The van der Waals surface area contributed by atoms with Crippen LogP contribution < -0.4 is 10.2 Å². The van der Waals surface area contributed by atoms with E-state index in [4.69, 9.17) is 16.7 Å². The van der Waals surface area contributed by atoms with Gasteiger partial charge in [-0.15, -0.1) is 0 Å². The number of fused-ring (bicyclic) bond motifs is 1. The van der Waals surface area contributed by atoms with Crippen LogP contribution in [-0.4, -0.2) is 50.8 Å². The summed E-state index contributed by atoms with van der Waals surface area (Å²) in [5.74, 6) is -0.0244. The number of anilines is 1. The standard InChI is InChI=1S/C18H17ClIN5O2/c1-2-22-18(17(26)27)9-24(10-18)13-7-8-21-16-14(20)15(23-25(13)16)11-5-3-4-6-12(11)19/h3-8,22H,2,9-10H2,1H3,(H,26,27). The predicted molar refractivity (Wildman–Crippen MR) is 112 cm³/mol. The second kappa shape index (κ2) is 6.92. The lowest BCUT2D eigenvalue weighted by Crippen LogP contribution is -2.73. The molecule has 0 bridgehead atoms. The normalized spacial score (nSPS) is 15.7. The van der Waals surface area contributed by atoms with Crippen molar-refractivity contribution in [2.75, 3.05) is 24.5 Å². The Kier molecular flexibility index (Phi) is 4.73. The molecule has 9 heteroatoms. The Morgan fingerprint density at radius 3 is 2.78 bits per heavy atom. The van der Waals surface area contributed by atoms with E-state index < -0.39 is 11.5 Å². The number of benzene rings is 1. The molecule has 0 aliphatic carbocycles. The second-order valence-corrected chi connectivity index (χ2v) is 7.94. The first-order valence-corrected chi connectivity index (χ1v) is 9.94. The van der Waals surface area contributed by atoms with Gasteiger partial charge in [0.1, 0.15) is 11.5 Å². The lowest BCUT2D eigenvalue weighted by molar-refractivity contribution is -0.146. The zero-order valence-electron chi connectivity index (χ0n) is 14.5. The fourth-order valence-electron chi connectivity index (χ4n) is 3.40. The summed E-state index contributed by atoms with van der Waals surface area (Å²) >= 11 is 8.57. The van der Waals surface area contributed by atoms with E-state index in [0.717, 1.165) is 26.3 Å². The van der Waals surface area contributed by atoms with Gasteiger partial charge in [-0.1, -0.05) is 36.7 Å². The maximum Gasteiger partial charge on any atom is 0.327 e. The van der Waals surface area contributed by atoms with Crippen LogP contribution >= 0.6 is 34.2 Å². The van der Waals surface area contributed by atoms with Crippen LogP contribution in [0.15, 0.2) is 36.5 Å². The summed E-state index contributed by atoms with van der Waals surface area (Å²) < 4.78 is 2.66. The molecule has 1 aliphatic heterocycles. The van der Waals surface area contributed by atoms with Gasteiger partial charge in [0.15, 0.2) is 11.2 Å². The van der Waals surface area contributed by atoms with E-state index in [0.29, 0.717) is 24.7 Å². The number of nitrogens with one attached hydrogen (secondary N) is 1. The molecule has 140 valence electrons. The lowest BCUT2D eigenvalue weighted by Gasteiger charge is -2.48. The Balaban J connectivity index is 1.75. The molecule has 1 saturated heterocycles. The zero-order valence-corrected chi connectivity index (χ0v) is 17.4. The fourth-order valence-corrected chi connectivity index (χ4v) is 4.39. The van der Waals surface area contributed by atoms with Gasteiger partial charge in [0.25, 0.3) is 0 Å². The molecule has 1 aliphatic rings. The van der Waals surface area contributed by atoms with Crippen molar-refractivity contribution in [1.82, 2.24) is 19.9 Å².